The molecule has 0 radical (unpaired) electrons. The molecule has 4 aliphatic heterocycles. The highest BCUT2D eigenvalue weighted by molar-refractivity contribution is 5.80. The van der Waals surface area contributed by atoms with Gasteiger partial charge in [-0.15, -0.1) is 0 Å². The molecule has 8 heteroatoms. The molecule has 180 valence electrons. The van der Waals surface area contributed by atoms with E-state index in [2.05, 4.69) is 11.4 Å². The lowest BCUT2D eigenvalue weighted by molar-refractivity contribution is -0.155. The molecule has 4 bridgehead atoms. The van der Waals surface area contributed by atoms with Crippen LogP contribution in [0.25, 0.3) is 0 Å². The Balaban J connectivity index is 1.36. The predicted molar refractivity (Wildman–Crippen MR) is 121 cm³/mol. The number of hydrogen-bond acceptors (Lipinski definition) is 6. The Kier molecular flexibility index (Phi) is 6.83. The smallest absolute Gasteiger partial charge is 0.246 e. The summed E-state index contributed by atoms with van der Waals surface area (Å²) in [6.07, 6.45) is 7.81. The van der Waals surface area contributed by atoms with E-state index in [-0.39, 0.29) is 30.6 Å². The molecule has 33 heavy (non-hydrogen) atoms. The molecule has 2 unspecified atom stereocenters. The fourth-order valence-corrected chi connectivity index (χ4v) is 5.91. The highest BCUT2D eigenvalue weighted by Gasteiger charge is 2.49. The van der Waals surface area contributed by atoms with Crippen LogP contribution in [0.3, 0.4) is 0 Å². The van der Waals surface area contributed by atoms with Crippen LogP contribution in [0.15, 0.2) is 18.2 Å². The van der Waals surface area contributed by atoms with Crippen molar-refractivity contribution in [3.63, 3.8) is 0 Å². The average Bonchev–Trinajstić information content (AvgIpc) is 2.83. The van der Waals surface area contributed by atoms with Gasteiger partial charge in [-0.25, -0.2) is 4.98 Å². The van der Waals surface area contributed by atoms with Crippen molar-refractivity contribution < 1.29 is 23.8 Å². The van der Waals surface area contributed by atoms with Gasteiger partial charge in [0.25, 0.3) is 0 Å². The number of aromatic nitrogens is 1. The van der Waals surface area contributed by atoms with Gasteiger partial charge in [0.2, 0.25) is 17.7 Å². The summed E-state index contributed by atoms with van der Waals surface area (Å²) in [6.45, 7) is 2.20. The molecule has 2 saturated heterocycles. The summed E-state index contributed by atoms with van der Waals surface area (Å²) in [5.41, 5.74) is 0.542. The van der Waals surface area contributed by atoms with Crippen LogP contribution in [-0.2, 0) is 19.1 Å². The third-order valence-corrected chi connectivity index (χ3v) is 7.70. The second-order valence-corrected chi connectivity index (χ2v) is 9.92. The van der Waals surface area contributed by atoms with Crippen molar-refractivity contribution in [1.82, 2.24) is 15.2 Å². The summed E-state index contributed by atoms with van der Waals surface area (Å²) >= 11 is 0. The minimum absolute atomic E-state index is 0.0854. The van der Waals surface area contributed by atoms with Crippen molar-refractivity contribution in [2.24, 2.45) is 0 Å². The lowest BCUT2D eigenvalue weighted by Crippen LogP contribution is -2.71. The highest BCUT2D eigenvalue weighted by atomic mass is 16.5. The number of carbonyl (C=O) groups is 2. The summed E-state index contributed by atoms with van der Waals surface area (Å²) in [5.74, 6) is 1.11. The van der Waals surface area contributed by atoms with Gasteiger partial charge in [0.1, 0.15) is 6.61 Å². The van der Waals surface area contributed by atoms with E-state index >= 15 is 0 Å². The maximum absolute atomic E-state index is 13.3. The number of rotatable bonds is 0. The summed E-state index contributed by atoms with van der Waals surface area (Å²) in [6, 6.07) is 5.83. The van der Waals surface area contributed by atoms with Crippen LogP contribution in [0, 0.1) is 0 Å². The number of piperidine rings is 1. The maximum atomic E-state index is 13.3. The van der Waals surface area contributed by atoms with Crippen molar-refractivity contribution in [2.75, 3.05) is 33.0 Å². The Morgan fingerprint density at radius 1 is 1.09 bits per heavy atom. The van der Waals surface area contributed by atoms with E-state index in [1.165, 1.54) is 0 Å². The van der Waals surface area contributed by atoms with Gasteiger partial charge in [-0.3, -0.25) is 9.59 Å². The number of ether oxygens (including phenoxy) is 3. The SMILES string of the molecule is O=C1COCC2(CCCN3C(=O)CCCCOc4cccc(n4)C4CCC(CC4)OCC32)N1. The molecular formula is C25H35N3O5. The van der Waals surface area contributed by atoms with Crippen molar-refractivity contribution in [3.8, 4) is 5.88 Å². The van der Waals surface area contributed by atoms with E-state index in [1.54, 1.807) is 0 Å². The van der Waals surface area contributed by atoms with Crippen LogP contribution in [0.2, 0.25) is 0 Å². The van der Waals surface area contributed by atoms with Crippen LogP contribution in [0.5, 0.6) is 5.88 Å². The quantitative estimate of drug-likeness (QED) is 0.644. The van der Waals surface area contributed by atoms with Gasteiger partial charge in [0, 0.05) is 30.6 Å². The van der Waals surface area contributed by atoms with E-state index in [4.69, 9.17) is 19.2 Å². The molecule has 3 fully saturated rings. The highest BCUT2D eigenvalue weighted by Crippen LogP contribution is 2.36. The van der Waals surface area contributed by atoms with Crippen molar-refractivity contribution in [1.29, 1.82) is 0 Å². The molecule has 5 aliphatic rings. The molecule has 5 heterocycles. The van der Waals surface area contributed by atoms with Crippen LogP contribution >= 0.6 is 0 Å². The molecule has 1 spiro atoms. The Labute approximate surface area is 195 Å². The number of amides is 2. The van der Waals surface area contributed by atoms with E-state index < -0.39 is 5.54 Å². The van der Waals surface area contributed by atoms with Gasteiger partial charge in [-0.1, -0.05) is 6.07 Å². The first-order valence-electron chi connectivity index (χ1n) is 12.5. The zero-order valence-electron chi connectivity index (χ0n) is 19.3. The number of morpholine rings is 1. The molecule has 1 aromatic heterocycles. The zero-order chi connectivity index (χ0) is 22.7. The summed E-state index contributed by atoms with van der Waals surface area (Å²) in [7, 11) is 0. The minimum atomic E-state index is -0.560. The van der Waals surface area contributed by atoms with Crippen LogP contribution in [0.4, 0.5) is 0 Å². The van der Waals surface area contributed by atoms with E-state index in [9.17, 15) is 9.59 Å². The van der Waals surface area contributed by atoms with Crippen molar-refractivity contribution in [2.45, 2.75) is 81.4 Å². The van der Waals surface area contributed by atoms with Crippen LogP contribution < -0.4 is 10.1 Å². The number of carbonyl (C=O) groups excluding carboxylic acids is 2. The Morgan fingerprint density at radius 3 is 2.82 bits per heavy atom. The molecule has 1 N–H and O–H groups in total. The van der Waals surface area contributed by atoms with Crippen molar-refractivity contribution >= 4 is 11.8 Å². The normalized spacial score (nSPS) is 33.7. The predicted octanol–water partition coefficient (Wildman–Crippen LogP) is 2.56. The van der Waals surface area contributed by atoms with Crippen LogP contribution in [0.1, 0.15) is 69.4 Å². The van der Waals surface area contributed by atoms with Gasteiger partial charge in [-0.05, 0) is 57.4 Å². The van der Waals surface area contributed by atoms with Gasteiger partial charge in [0.15, 0.2) is 0 Å². The largest absolute Gasteiger partial charge is 0.478 e. The summed E-state index contributed by atoms with van der Waals surface area (Å²) in [5, 5.41) is 3.19. The average molecular weight is 458 g/mol. The van der Waals surface area contributed by atoms with E-state index in [0.29, 0.717) is 44.6 Å². The molecule has 2 amide bonds. The van der Waals surface area contributed by atoms with E-state index in [1.807, 2.05) is 17.0 Å². The van der Waals surface area contributed by atoms with E-state index in [0.717, 1.165) is 57.1 Å². The topological polar surface area (TPSA) is 90.0 Å². The van der Waals surface area contributed by atoms with Gasteiger partial charge >= 0.3 is 0 Å². The monoisotopic (exact) mass is 457 g/mol. The Morgan fingerprint density at radius 2 is 1.97 bits per heavy atom. The van der Waals surface area contributed by atoms with Gasteiger partial charge in [0.05, 0.1) is 37.5 Å². The first kappa shape index (κ1) is 22.6. The first-order chi connectivity index (χ1) is 16.1. The molecule has 6 rings (SSSR count). The maximum Gasteiger partial charge on any atom is 0.246 e. The van der Waals surface area contributed by atoms with Gasteiger partial charge in [-0.2, -0.15) is 0 Å². The zero-order valence-corrected chi connectivity index (χ0v) is 19.3. The second-order valence-electron chi connectivity index (χ2n) is 9.92. The number of hydrogen-bond donors (Lipinski definition) is 1. The van der Waals surface area contributed by atoms with Crippen molar-refractivity contribution in [3.05, 3.63) is 23.9 Å². The molecule has 2 atom stereocenters. The molecular weight excluding hydrogens is 422 g/mol. The standard InChI is InChI=1S/C25H35N3O5/c29-22-16-31-17-25(27-22)12-4-13-28-21(25)15-33-19-10-8-18(9-11-19)20-5-3-6-23(26-20)32-14-2-1-7-24(28)30/h3,5-6,18-19,21H,1-2,4,7-17H2,(H,27,29). The summed E-state index contributed by atoms with van der Waals surface area (Å²) in [4.78, 5) is 32.2. The molecule has 8 nitrogen and oxygen atoms in total. The third-order valence-electron chi connectivity index (χ3n) is 7.70. The Hall–Kier alpha value is -2.19. The fourth-order valence-electron chi connectivity index (χ4n) is 5.91. The Bertz CT molecular complexity index is 852. The lowest BCUT2D eigenvalue weighted by Gasteiger charge is -2.51. The first-order valence-corrected chi connectivity index (χ1v) is 12.5. The number of nitrogens with one attached hydrogen (secondary N) is 1. The molecule has 1 aliphatic carbocycles. The lowest BCUT2D eigenvalue weighted by atomic mass is 9.80. The van der Waals surface area contributed by atoms with Crippen LogP contribution in [-0.4, -0.2) is 72.4 Å². The minimum Gasteiger partial charge on any atom is -0.478 e. The number of pyridine rings is 1. The molecule has 0 aromatic carbocycles. The molecule has 1 saturated carbocycles. The van der Waals surface area contributed by atoms with Gasteiger partial charge < -0.3 is 24.4 Å². The summed E-state index contributed by atoms with van der Waals surface area (Å²) < 4.78 is 18.0. The number of nitrogens with zero attached hydrogens (tertiary/aromatic N) is 2. The molecule has 1 aromatic rings. The third kappa shape index (κ3) is 5.01. The fraction of sp³-hybridized carbons (Fsp3) is 0.720. The second kappa shape index (κ2) is 9.97. The number of fused-ring (bicyclic) bond motifs is 8.